The minimum atomic E-state index is -0.0942. The molecule has 0 unspecified atom stereocenters. The number of anilines is 1. The lowest BCUT2D eigenvalue weighted by Crippen LogP contribution is -2.35. The van der Waals surface area contributed by atoms with E-state index in [4.69, 9.17) is 0 Å². The third kappa shape index (κ3) is 5.54. The maximum atomic E-state index is 11.8. The number of urea groups is 1. The number of pyridine rings is 1. The Hall–Kier alpha value is -1.78. The van der Waals surface area contributed by atoms with Crippen LogP contribution in [0.15, 0.2) is 18.3 Å². The summed E-state index contributed by atoms with van der Waals surface area (Å²) in [6.07, 6.45) is 6.47. The van der Waals surface area contributed by atoms with Gasteiger partial charge in [0, 0.05) is 32.4 Å². The number of amides is 2. The van der Waals surface area contributed by atoms with E-state index in [1.807, 2.05) is 12.3 Å². The molecule has 1 aromatic rings. The van der Waals surface area contributed by atoms with Crippen LogP contribution in [-0.4, -0.2) is 30.6 Å². The van der Waals surface area contributed by atoms with Crippen molar-refractivity contribution in [1.29, 1.82) is 0 Å². The molecule has 1 aromatic heterocycles. The second-order valence-electron chi connectivity index (χ2n) is 6.36. The summed E-state index contributed by atoms with van der Waals surface area (Å²) in [6, 6.07) is 3.94. The summed E-state index contributed by atoms with van der Waals surface area (Å²) in [7, 11) is 0. The van der Waals surface area contributed by atoms with Crippen LogP contribution < -0.4 is 15.5 Å². The topological polar surface area (TPSA) is 57.3 Å². The van der Waals surface area contributed by atoms with Crippen LogP contribution in [0.5, 0.6) is 0 Å². The second-order valence-corrected chi connectivity index (χ2v) is 6.36. The molecule has 5 nitrogen and oxygen atoms in total. The second kappa shape index (κ2) is 8.61. The van der Waals surface area contributed by atoms with Crippen LogP contribution in [0.25, 0.3) is 0 Å². The van der Waals surface area contributed by atoms with Crippen molar-refractivity contribution in [3.05, 3.63) is 23.9 Å². The van der Waals surface area contributed by atoms with Crippen LogP contribution in [0.2, 0.25) is 0 Å². The van der Waals surface area contributed by atoms with Crippen molar-refractivity contribution >= 4 is 11.8 Å². The molecule has 0 aromatic carbocycles. The summed E-state index contributed by atoms with van der Waals surface area (Å²) in [5.41, 5.74) is 1.09. The summed E-state index contributed by atoms with van der Waals surface area (Å²) < 4.78 is 0. The number of carbonyl (C=O) groups is 1. The molecule has 0 spiro atoms. The maximum Gasteiger partial charge on any atom is 0.315 e. The van der Waals surface area contributed by atoms with Gasteiger partial charge in [0.1, 0.15) is 5.82 Å². The molecule has 1 aliphatic heterocycles. The highest BCUT2D eigenvalue weighted by Crippen LogP contribution is 2.18. The van der Waals surface area contributed by atoms with Crippen LogP contribution in [0.3, 0.4) is 0 Å². The number of carbonyl (C=O) groups excluding carboxylic acids is 1. The normalized spacial score (nSPS) is 14.4. The fraction of sp³-hybridized carbons (Fsp3) is 0.647. The molecule has 2 amide bonds. The number of nitrogens with one attached hydrogen (secondary N) is 2. The average molecular weight is 304 g/mol. The van der Waals surface area contributed by atoms with Gasteiger partial charge in [-0.25, -0.2) is 9.78 Å². The van der Waals surface area contributed by atoms with E-state index >= 15 is 0 Å². The first kappa shape index (κ1) is 16.6. The van der Waals surface area contributed by atoms with Gasteiger partial charge in [-0.05, 0) is 49.3 Å². The smallest absolute Gasteiger partial charge is 0.315 e. The third-order valence-corrected chi connectivity index (χ3v) is 3.94. The molecule has 5 heteroatoms. The summed E-state index contributed by atoms with van der Waals surface area (Å²) in [5, 5.41) is 5.81. The Morgan fingerprint density at radius 1 is 1.32 bits per heavy atom. The van der Waals surface area contributed by atoms with Crippen LogP contribution >= 0.6 is 0 Å². The fourth-order valence-electron chi connectivity index (χ4n) is 2.65. The zero-order valence-corrected chi connectivity index (χ0v) is 13.8. The van der Waals surface area contributed by atoms with Crippen molar-refractivity contribution in [3.63, 3.8) is 0 Å². The van der Waals surface area contributed by atoms with Crippen molar-refractivity contribution in [3.8, 4) is 0 Å². The van der Waals surface area contributed by atoms with Crippen LogP contribution in [-0.2, 0) is 6.54 Å². The lowest BCUT2D eigenvalue weighted by Gasteiger charge is -2.17. The average Bonchev–Trinajstić information content (AvgIpc) is 3.04. The van der Waals surface area contributed by atoms with Crippen molar-refractivity contribution in [2.24, 2.45) is 5.92 Å². The van der Waals surface area contributed by atoms with E-state index < -0.39 is 0 Å². The third-order valence-electron chi connectivity index (χ3n) is 3.94. The van der Waals surface area contributed by atoms with Crippen molar-refractivity contribution in [1.82, 2.24) is 15.6 Å². The Balaban J connectivity index is 1.72. The highest BCUT2D eigenvalue weighted by molar-refractivity contribution is 5.73. The molecule has 2 rings (SSSR count). The lowest BCUT2D eigenvalue weighted by molar-refractivity contribution is 0.240. The van der Waals surface area contributed by atoms with Gasteiger partial charge in [-0.3, -0.25) is 0 Å². The summed E-state index contributed by atoms with van der Waals surface area (Å²) in [6.45, 7) is 7.84. The van der Waals surface area contributed by atoms with Gasteiger partial charge in [0.25, 0.3) is 0 Å². The predicted octanol–water partition coefficient (Wildman–Crippen LogP) is 2.92. The Morgan fingerprint density at radius 2 is 2.09 bits per heavy atom. The zero-order chi connectivity index (χ0) is 15.8. The van der Waals surface area contributed by atoms with E-state index in [-0.39, 0.29) is 6.03 Å². The molecule has 0 saturated carbocycles. The summed E-state index contributed by atoms with van der Waals surface area (Å²) in [5.74, 6) is 1.71. The molecule has 1 fully saturated rings. The molecule has 0 radical (unpaired) electrons. The standard InChI is InChI=1S/C17H28N4O/c1-14(2)6-5-8-19-17(22)20-13-15-7-9-18-16(12-15)21-10-3-4-11-21/h7,9,12,14H,3-6,8,10-11,13H2,1-2H3,(H2,19,20,22). The highest BCUT2D eigenvalue weighted by atomic mass is 16.2. The predicted molar refractivity (Wildman–Crippen MR) is 90.0 cm³/mol. The van der Waals surface area contributed by atoms with Crippen molar-refractivity contribution in [2.75, 3.05) is 24.5 Å². The molecule has 2 heterocycles. The SMILES string of the molecule is CC(C)CCCNC(=O)NCc1ccnc(N2CCCC2)c1. The Morgan fingerprint density at radius 3 is 2.82 bits per heavy atom. The van der Waals surface area contributed by atoms with Crippen LogP contribution in [0.4, 0.5) is 10.6 Å². The van der Waals surface area contributed by atoms with E-state index in [0.717, 1.165) is 43.9 Å². The molecular weight excluding hydrogens is 276 g/mol. The molecule has 0 aliphatic carbocycles. The lowest BCUT2D eigenvalue weighted by atomic mass is 10.1. The van der Waals surface area contributed by atoms with Gasteiger partial charge in [0.15, 0.2) is 0 Å². The molecular formula is C17H28N4O. The van der Waals surface area contributed by atoms with Crippen molar-refractivity contribution < 1.29 is 4.79 Å². The molecule has 0 atom stereocenters. The number of rotatable bonds is 7. The van der Waals surface area contributed by atoms with Gasteiger partial charge >= 0.3 is 6.03 Å². The number of nitrogens with zero attached hydrogens (tertiary/aromatic N) is 2. The first-order valence-electron chi connectivity index (χ1n) is 8.36. The minimum Gasteiger partial charge on any atom is -0.357 e. The molecule has 22 heavy (non-hydrogen) atoms. The monoisotopic (exact) mass is 304 g/mol. The van der Waals surface area contributed by atoms with Crippen LogP contribution in [0, 0.1) is 5.92 Å². The zero-order valence-electron chi connectivity index (χ0n) is 13.8. The summed E-state index contributed by atoms with van der Waals surface area (Å²) in [4.78, 5) is 18.5. The first-order valence-corrected chi connectivity index (χ1v) is 8.36. The Bertz CT molecular complexity index is 469. The van der Waals surface area contributed by atoms with E-state index in [0.29, 0.717) is 12.5 Å². The van der Waals surface area contributed by atoms with Gasteiger partial charge in [-0.1, -0.05) is 13.8 Å². The molecule has 0 bridgehead atoms. The maximum absolute atomic E-state index is 11.8. The number of aromatic nitrogens is 1. The molecule has 1 aliphatic rings. The highest BCUT2D eigenvalue weighted by Gasteiger charge is 2.13. The fourth-order valence-corrected chi connectivity index (χ4v) is 2.65. The summed E-state index contributed by atoms with van der Waals surface area (Å²) >= 11 is 0. The van der Waals surface area contributed by atoms with Gasteiger partial charge < -0.3 is 15.5 Å². The van der Waals surface area contributed by atoms with Crippen molar-refractivity contribution in [2.45, 2.75) is 46.1 Å². The Kier molecular flexibility index (Phi) is 6.49. The van der Waals surface area contributed by atoms with Gasteiger partial charge in [-0.2, -0.15) is 0 Å². The molecule has 1 saturated heterocycles. The quantitative estimate of drug-likeness (QED) is 0.762. The number of hydrogen-bond donors (Lipinski definition) is 2. The van der Waals surface area contributed by atoms with E-state index in [9.17, 15) is 4.79 Å². The van der Waals surface area contributed by atoms with E-state index in [1.54, 1.807) is 0 Å². The van der Waals surface area contributed by atoms with Gasteiger partial charge in [0.2, 0.25) is 0 Å². The minimum absolute atomic E-state index is 0.0942. The van der Waals surface area contributed by atoms with Crippen LogP contribution in [0.1, 0.15) is 45.1 Å². The largest absolute Gasteiger partial charge is 0.357 e. The van der Waals surface area contributed by atoms with E-state index in [1.165, 1.54) is 12.8 Å². The van der Waals surface area contributed by atoms with Gasteiger partial charge in [0.05, 0.1) is 0 Å². The van der Waals surface area contributed by atoms with Gasteiger partial charge in [-0.15, -0.1) is 0 Å². The van der Waals surface area contributed by atoms with E-state index in [2.05, 4.69) is 40.4 Å². The molecule has 122 valence electrons. The molecule has 2 N–H and O–H groups in total. The number of hydrogen-bond acceptors (Lipinski definition) is 3. The Labute approximate surface area is 133 Å². The first-order chi connectivity index (χ1) is 10.6.